The van der Waals surface area contributed by atoms with E-state index in [1.165, 1.54) is 24.0 Å². The Morgan fingerprint density at radius 1 is 1.25 bits per heavy atom. The molecule has 0 bridgehead atoms. The number of pyridine rings is 1. The van der Waals surface area contributed by atoms with E-state index < -0.39 is 0 Å². The summed E-state index contributed by atoms with van der Waals surface area (Å²) in [5.74, 6) is 0.271. The molecule has 0 aliphatic heterocycles. The Balaban J connectivity index is 1.75. The second-order valence-electron chi connectivity index (χ2n) is 5.44. The molecule has 0 saturated heterocycles. The standard InChI is InChI=1S/C17H20N2O/c1-12-9-10-17(20)16(19-12)11-18-15-8-4-6-13-5-2-3-7-14(13)15/h2-3,5,7,9-10,15,18,20H,4,6,8,11H2,1H3. The molecule has 0 saturated carbocycles. The molecule has 1 heterocycles. The SMILES string of the molecule is Cc1ccc(O)c(CNC2CCCc3ccccc32)n1. The fraction of sp³-hybridized carbons (Fsp3) is 0.353. The van der Waals surface area contributed by atoms with Crippen LogP contribution < -0.4 is 5.32 Å². The minimum Gasteiger partial charge on any atom is -0.506 e. The summed E-state index contributed by atoms with van der Waals surface area (Å²) in [5, 5.41) is 13.4. The van der Waals surface area contributed by atoms with Crippen molar-refractivity contribution in [3.63, 3.8) is 0 Å². The molecule has 0 radical (unpaired) electrons. The zero-order valence-corrected chi connectivity index (χ0v) is 11.8. The third-order valence-electron chi connectivity index (χ3n) is 3.97. The van der Waals surface area contributed by atoms with E-state index >= 15 is 0 Å². The summed E-state index contributed by atoms with van der Waals surface area (Å²) in [4.78, 5) is 4.40. The Morgan fingerprint density at radius 3 is 3.00 bits per heavy atom. The highest BCUT2D eigenvalue weighted by Gasteiger charge is 2.19. The van der Waals surface area contributed by atoms with E-state index in [0.717, 1.165) is 17.8 Å². The molecule has 0 amide bonds. The van der Waals surface area contributed by atoms with Crippen molar-refractivity contribution in [3.05, 3.63) is 58.9 Å². The van der Waals surface area contributed by atoms with Crippen molar-refractivity contribution < 1.29 is 5.11 Å². The molecule has 1 aromatic carbocycles. The van der Waals surface area contributed by atoms with Crippen molar-refractivity contribution in [2.75, 3.05) is 0 Å². The second-order valence-corrected chi connectivity index (χ2v) is 5.44. The van der Waals surface area contributed by atoms with Gasteiger partial charge in [0.2, 0.25) is 0 Å². The van der Waals surface area contributed by atoms with Crippen LogP contribution in [0.15, 0.2) is 36.4 Å². The quantitative estimate of drug-likeness (QED) is 0.898. The zero-order chi connectivity index (χ0) is 13.9. The number of aromatic hydroxyl groups is 1. The van der Waals surface area contributed by atoms with E-state index in [1.54, 1.807) is 6.07 Å². The first-order valence-corrected chi connectivity index (χ1v) is 7.21. The maximum Gasteiger partial charge on any atom is 0.138 e. The van der Waals surface area contributed by atoms with Gasteiger partial charge in [0.15, 0.2) is 0 Å². The van der Waals surface area contributed by atoms with Crippen LogP contribution in [0.2, 0.25) is 0 Å². The van der Waals surface area contributed by atoms with Crippen LogP contribution in [-0.4, -0.2) is 10.1 Å². The number of hydrogen-bond acceptors (Lipinski definition) is 3. The maximum atomic E-state index is 9.86. The first-order valence-electron chi connectivity index (χ1n) is 7.21. The van der Waals surface area contributed by atoms with E-state index in [4.69, 9.17) is 0 Å². The van der Waals surface area contributed by atoms with Crippen LogP contribution >= 0.6 is 0 Å². The van der Waals surface area contributed by atoms with Gasteiger partial charge < -0.3 is 10.4 Å². The molecular weight excluding hydrogens is 248 g/mol. The van der Waals surface area contributed by atoms with Crippen LogP contribution in [0.1, 0.15) is 41.4 Å². The zero-order valence-electron chi connectivity index (χ0n) is 11.8. The van der Waals surface area contributed by atoms with E-state index in [9.17, 15) is 5.11 Å². The Morgan fingerprint density at radius 2 is 2.10 bits per heavy atom. The molecule has 3 nitrogen and oxygen atoms in total. The maximum absolute atomic E-state index is 9.86. The van der Waals surface area contributed by atoms with Crippen molar-refractivity contribution in [2.24, 2.45) is 0 Å². The average molecular weight is 268 g/mol. The smallest absolute Gasteiger partial charge is 0.138 e. The van der Waals surface area contributed by atoms with E-state index in [-0.39, 0.29) is 5.75 Å². The first-order chi connectivity index (χ1) is 9.74. The Bertz CT molecular complexity index is 610. The first kappa shape index (κ1) is 13.1. The molecule has 3 heteroatoms. The minimum absolute atomic E-state index is 0.271. The third kappa shape index (κ3) is 2.68. The van der Waals surface area contributed by atoms with Gasteiger partial charge in [-0.1, -0.05) is 24.3 Å². The van der Waals surface area contributed by atoms with Crippen molar-refractivity contribution in [3.8, 4) is 5.75 Å². The Kier molecular flexibility index (Phi) is 3.70. The van der Waals surface area contributed by atoms with Gasteiger partial charge in [0, 0.05) is 18.3 Å². The highest BCUT2D eigenvalue weighted by molar-refractivity contribution is 5.33. The molecule has 104 valence electrons. The lowest BCUT2D eigenvalue weighted by atomic mass is 9.88. The third-order valence-corrected chi connectivity index (χ3v) is 3.97. The van der Waals surface area contributed by atoms with Gasteiger partial charge in [-0.3, -0.25) is 4.98 Å². The number of nitrogens with zero attached hydrogens (tertiary/aromatic N) is 1. The molecule has 1 aliphatic carbocycles. The number of nitrogens with one attached hydrogen (secondary N) is 1. The summed E-state index contributed by atoms with van der Waals surface area (Å²) in [6.45, 7) is 2.55. The van der Waals surface area contributed by atoms with Gasteiger partial charge in [0.1, 0.15) is 5.75 Å². The predicted molar refractivity (Wildman–Crippen MR) is 79.6 cm³/mol. The van der Waals surface area contributed by atoms with Crippen LogP contribution in [0.5, 0.6) is 5.75 Å². The molecule has 3 rings (SSSR count). The second kappa shape index (κ2) is 5.63. The summed E-state index contributed by atoms with van der Waals surface area (Å²) in [6.07, 6.45) is 3.52. The number of aryl methyl sites for hydroxylation is 2. The highest BCUT2D eigenvalue weighted by Crippen LogP contribution is 2.30. The molecule has 2 aromatic rings. The van der Waals surface area contributed by atoms with Crippen molar-refractivity contribution in [1.82, 2.24) is 10.3 Å². The largest absolute Gasteiger partial charge is 0.506 e. The summed E-state index contributed by atoms with van der Waals surface area (Å²) in [7, 11) is 0. The van der Waals surface area contributed by atoms with E-state index in [2.05, 4.69) is 34.6 Å². The molecular formula is C17H20N2O. The number of rotatable bonds is 3. The molecule has 1 atom stereocenters. The fourth-order valence-electron chi connectivity index (χ4n) is 2.92. The molecule has 1 unspecified atom stereocenters. The van der Waals surface area contributed by atoms with Gasteiger partial charge in [-0.25, -0.2) is 0 Å². The predicted octanol–water partition coefficient (Wildman–Crippen LogP) is 3.26. The van der Waals surface area contributed by atoms with E-state index in [1.807, 2.05) is 13.0 Å². The Labute approximate surface area is 119 Å². The minimum atomic E-state index is 0.271. The molecule has 1 aliphatic rings. The van der Waals surface area contributed by atoms with Gasteiger partial charge in [-0.15, -0.1) is 0 Å². The van der Waals surface area contributed by atoms with Gasteiger partial charge in [-0.05, 0) is 49.4 Å². The van der Waals surface area contributed by atoms with E-state index in [0.29, 0.717) is 12.6 Å². The topological polar surface area (TPSA) is 45.1 Å². The van der Waals surface area contributed by atoms with Gasteiger partial charge in [0.25, 0.3) is 0 Å². The van der Waals surface area contributed by atoms with Crippen molar-refractivity contribution >= 4 is 0 Å². The molecule has 0 spiro atoms. The summed E-state index contributed by atoms with van der Waals surface area (Å²) in [5.41, 5.74) is 4.50. The van der Waals surface area contributed by atoms with Crippen LogP contribution in [0, 0.1) is 6.92 Å². The van der Waals surface area contributed by atoms with Gasteiger partial charge >= 0.3 is 0 Å². The lowest BCUT2D eigenvalue weighted by Crippen LogP contribution is -2.25. The molecule has 0 fully saturated rings. The van der Waals surface area contributed by atoms with Crippen molar-refractivity contribution in [1.29, 1.82) is 0 Å². The van der Waals surface area contributed by atoms with Crippen LogP contribution in [-0.2, 0) is 13.0 Å². The number of benzene rings is 1. The summed E-state index contributed by atoms with van der Waals surface area (Å²) in [6, 6.07) is 12.5. The van der Waals surface area contributed by atoms with Crippen LogP contribution in [0.25, 0.3) is 0 Å². The van der Waals surface area contributed by atoms with Crippen LogP contribution in [0.4, 0.5) is 0 Å². The highest BCUT2D eigenvalue weighted by atomic mass is 16.3. The van der Waals surface area contributed by atoms with Gasteiger partial charge in [0.05, 0.1) is 5.69 Å². The number of aromatic nitrogens is 1. The molecule has 2 N–H and O–H groups in total. The fourth-order valence-corrected chi connectivity index (χ4v) is 2.92. The van der Waals surface area contributed by atoms with Crippen LogP contribution in [0.3, 0.4) is 0 Å². The summed E-state index contributed by atoms with van der Waals surface area (Å²) < 4.78 is 0. The van der Waals surface area contributed by atoms with Gasteiger partial charge in [-0.2, -0.15) is 0 Å². The monoisotopic (exact) mass is 268 g/mol. The number of fused-ring (bicyclic) bond motifs is 1. The summed E-state index contributed by atoms with van der Waals surface area (Å²) >= 11 is 0. The number of hydrogen-bond donors (Lipinski definition) is 2. The molecule has 20 heavy (non-hydrogen) atoms. The molecule has 1 aromatic heterocycles. The normalized spacial score (nSPS) is 17.8. The Hall–Kier alpha value is -1.87. The average Bonchev–Trinajstić information content (AvgIpc) is 2.48. The van der Waals surface area contributed by atoms with Crippen molar-refractivity contribution in [2.45, 2.75) is 38.8 Å². The lowest BCUT2D eigenvalue weighted by Gasteiger charge is -2.26. The lowest BCUT2D eigenvalue weighted by molar-refractivity contribution is 0.432.